The number of hydrogen-bond acceptors (Lipinski definition) is 5. The molecule has 3 rings (SSSR count). The SMILES string of the molecule is COc1ccc(C(=O)N[n+]2ccc(-c3nnc(C)o3)cc2)cc1. The predicted molar refractivity (Wildman–Crippen MR) is 81.4 cm³/mol. The highest BCUT2D eigenvalue weighted by molar-refractivity contribution is 5.98. The fourth-order valence-corrected chi connectivity index (χ4v) is 1.98. The summed E-state index contributed by atoms with van der Waals surface area (Å²) in [6, 6.07) is 10.4. The molecule has 0 spiro atoms. The van der Waals surface area contributed by atoms with Crippen LogP contribution in [0.2, 0.25) is 0 Å². The van der Waals surface area contributed by atoms with Crippen molar-refractivity contribution in [2.45, 2.75) is 6.92 Å². The molecule has 0 radical (unpaired) electrons. The maximum Gasteiger partial charge on any atom is 0.305 e. The summed E-state index contributed by atoms with van der Waals surface area (Å²) in [5.74, 6) is 1.42. The van der Waals surface area contributed by atoms with Gasteiger partial charge in [0.2, 0.25) is 24.2 Å². The molecule has 0 atom stereocenters. The van der Waals surface area contributed by atoms with E-state index in [4.69, 9.17) is 9.15 Å². The predicted octanol–water partition coefficient (Wildman–Crippen LogP) is 1.73. The molecule has 3 aromatic rings. The molecule has 0 fully saturated rings. The number of carbonyl (C=O) groups excluding carboxylic acids is 1. The summed E-state index contributed by atoms with van der Waals surface area (Å²) in [6.45, 7) is 1.73. The number of nitrogens with zero attached hydrogens (tertiary/aromatic N) is 3. The highest BCUT2D eigenvalue weighted by Crippen LogP contribution is 2.15. The zero-order valence-electron chi connectivity index (χ0n) is 12.7. The van der Waals surface area contributed by atoms with Gasteiger partial charge in [-0.1, -0.05) is 4.68 Å². The van der Waals surface area contributed by atoms with Gasteiger partial charge < -0.3 is 9.15 Å². The van der Waals surface area contributed by atoms with Crippen LogP contribution in [0.5, 0.6) is 5.75 Å². The number of benzene rings is 1. The number of aryl methyl sites for hydroxylation is 1. The van der Waals surface area contributed by atoms with Crippen LogP contribution in [0.4, 0.5) is 0 Å². The van der Waals surface area contributed by atoms with Gasteiger partial charge in [-0.2, -0.15) is 0 Å². The van der Waals surface area contributed by atoms with Crippen molar-refractivity contribution in [1.29, 1.82) is 0 Å². The lowest BCUT2D eigenvalue weighted by molar-refractivity contribution is -0.641. The van der Waals surface area contributed by atoms with Gasteiger partial charge in [-0.3, -0.25) is 4.79 Å². The van der Waals surface area contributed by atoms with Crippen molar-refractivity contribution in [2.75, 3.05) is 12.5 Å². The van der Waals surface area contributed by atoms with E-state index < -0.39 is 0 Å². The van der Waals surface area contributed by atoms with E-state index in [0.29, 0.717) is 23.1 Å². The van der Waals surface area contributed by atoms with Crippen molar-refractivity contribution in [2.24, 2.45) is 0 Å². The second-order valence-electron chi connectivity index (χ2n) is 4.79. The van der Waals surface area contributed by atoms with Crippen LogP contribution in [-0.4, -0.2) is 23.2 Å². The normalized spacial score (nSPS) is 10.3. The van der Waals surface area contributed by atoms with Gasteiger partial charge in [-0.25, -0.2) is 0 Å². The summed E-state index contributed by atoms with van der Waals surface area (Å²) in [5, 5.41) is 7.73. The molecular weight excluding hydrogens is 296 g/mol. The Morgan fingerprint density at radius 3 is 2.39 bits per heavy atom. The molecule has 0 saturated carbocycles. The van der Waals surface area contributed by atoms with Gasteiger partial charge in [0.25, 0.3) is 0 Å². The molecule has 7 nitrogen and oxygen atoms in total. The monoisotopic (exact) mass is 311 g/mol. The van der Waals surface area contributed by atoms with E-state index in [1.807, 2.05) is 0 Å². The second-order valence-corrected chi connectivity index (χ2v) is 4.79. The van der Waals surface area contributed by atoms with E-state index in [1.54, 1.807) is 67.5 Å². The highest BCUT2D eigenvalue weighted by atomic mass is 16.5. The third-order valence-electron chi connectivity index (χ3n) is 3.19. The lowest BCUT2D eigenvalue weighted by Crippen LogP contribution is -2.47. The standard InChI is InChI=1S/C16H14N4O3/c1-11-17-18-16(23-11)13-7-9-20(10-8-13)19-15(21)12-3-5-14(22-2)6-4-12/h3-10H,1-2H3/p+1. The Morgan fingerprint density at radius 1 is 1.13 bits per heavy atom. The number of hydrogen-bond donors (Lipinski definition) is 1. The van der Waals surface area contributed by atoms with Crippen molar-refractivity contribution in [1.82, 2.24) is 10.2 Å². The number of pyridine rings is 1. The van der Waals surface area contributed by atoms with E-state index in [0.717, 1.165) is 5.56 Å². The smallest absolute Gasteiger partial charge is 0.305 e. The Balaban J connectivity index is 1.71. The highest BCUT2D eigenvalue weighted by Gasteiger charge is 2.12. The van der Waals surface area contributed by atoms with Gasteiger partial charge in [-0.15, -0.1) is 15.6 Å². The average Bonchev–Trinajstić information content (AvgIpc) is 3.02. The molecule has 23 heavy (non-hydrogen) atoms. The summed E-state index contributed by atoms with van der Waals surface area (Å²) in [4.78, 5) is 12.2. The van der Waals surface area contributed by atoms with Gasteiger partial charge in [0.1, 0.15) is 5.75 Å². The van der Waals surface area contributed by atoms with Crippen LogP contribution in [-0.2, 0) is 0 Å². The zero-order valence-corrected chi connectivity index (χ0v) is 12.7. The summed E-state index contributed by atoms with van der Waals surface area (Å²) in [6.07, 6.45) is 3.41. The van der Waals surface area contributed by atoms with E-state index >= 15 is 0 Å². The molecule has 7 heteroatoms. The number of methoxy groups -OCH3 is 1. The Morgan fingerprint density at radius 2 is 1.83 bits per heavy atom. The summed E-state index contributed by atoms with van der Waals surface area (Å²) in [5.41, 5.74) is 4.07. The Labute approximate surface area is 132 Å². The van der Waals surface area contributed by atoms with E-state index in [2.05, 4.69) is 15.6 Å². The molecule has 0 aliphatic carbocycles. The van der Waals surface area contributed by atoms with Crippen molar-refractivity contribution in [3.05, 3.63) is 60.2 Å². The Hall–Kier alpha value is -3.22. The Bertz CT molecular complexity index is 810. The first-order valence-electron chi connectivity index (χ1n) is 6.93. The lowest BCUT2D eigenvalue weighted by Gasteiger charge is -2.02. The first kappa shape index (κ1) is 14.7. The quantitative estimate of drug-likeness (QED) is 0.742. The molecule has 116 valence electrons. The van der Waals surface area contributed by atoms with E-state index in [-0.39, 0.29) is 5.91 Å². The van der Waals surface area contributed by atoms with E-state index in [1.165, 1.54) is 0 Å². The van der Waals surface area contributed by atoms with Crippen molar-refractivity contribution >= 4 is 5.91 Å². The molecule has 0 aliphatic heterocycles. The third-order valence-corrected chi connectivity index (χ3v) is 3.19. The number of rotatable bonds is 4. The molecule has 0 aliphatic rings. The molecule has 1 aromatic carbocycles. The van der Waals surface area contributed by atoms with Gasteiger partial charge in [0.15, 0.2) is 0 Å². The second kappa shape index (κ2) is 6.27. The molecule has 1 N–H and O–H groups in total. The fraction of sp³-hybridized carbons (Fsp3) is 0.125. The van der Waals surface area contributed by atoms with Crippen molar-refractivity contribution < 1.29 is 18.6 Å². The summed E-state index contributed by atoms with van der Waals surface area (Å²) in [7, 11) is 1.58. The number of nitrogens with one attached hydrogen (secondary N) is 1. The van der Waals surface area contributed by atoms with Crippen LogP contribution < -0.4 is 14.8 Å². The van der Waals surface area contributed by atoms with Crippen molar-refractivity contribution in [3.63, 3.8) is 0 Å². The van der Waals surface area contributed by atoms with Crippen LogP contribution in [0.3, 0.4) is 0 Å². The summed E-state index contributed by atoms with van der Waals surface area (Å²) < 4.78 is 12.0. The number of carbonyl (C=O) groups is 1. The number of ether oxygens (including phenoxy) is 1. The molecule has 2 aromatic heterocycles. The topological polar surface area (TPSA) is 81.1 Å². The minimum Gasteiger partial charge on any atom is -0.497 e. The molecule has 0 saturated heterocycles. The van der Waals surface area contributed by atoms with Gasteiger partial charge in [-0.05, 0) is 24.3 Å². The zero-order chi connectivity index (χ0) is 16.2. The number of aromatic nitrogens is 3. The van der Waals surface area contributed by atoms with Gasteiger partial charge in [0, 0.05) is 24.6 Å². The van der Waals surface area contributed by atoms with Crippen LogP contribution in [0.15, 0.2) is 53.2 Å². The van der Waals surface area contributed by atoms with E-state index in [9.17, 15) is 4.79 Å². The maximum absolute atomic E-state index is 12.2. The molecule has 1 amide bonds. The maximum atomic E-state index is 12.2. The number of amides is 1. The average molecular weight is 311 g/mol. The van der Waals surface area contributed by atoms with Crippen LogP contribution >= 0.6 is 0 Å². The van der Waals surface area contributed by atoms with Crippen LogP contribution in [0.25, 0.3) is 11.5 Å². The molecule has 0 bridgehead atoms. The minimum absolute atomic E-state index is 0.223. The van der Waals surface area contributed by atoms with Crippen molar-refractivity contribution in [3.8, 4) is 17.2 Å². The molecule has 0 unspecified atom stereocenters. The molecule has 2 heterocycles. The van der Waals surface area contributed by atoms with Crippen LogP contribution in [0.1, 0.15) is 16.2 Å². The minimum atomic E-state index is -0.223. The third kappa shape index (κ3) is 3.34. The largest absolute Gasteiger partial charge is 0.497 e. The van der Waals surface area contributed by atoms with Gasteiger partial charge >= 0.3 is 5.91 Å². The molecular formula is C16H15N4O3+. The Kier molecular flexibility index (Phi) is 4.01. The van der Waals surface area contributed by atoms with Crippen LogP contribution in [0, 0.1) is 6.92 Å². The van der Waals surface area contributed by atoms with Gasteiger partial charge in [0.05, 0.1) is 12.7 Å². The first-order valence-corrected chi connectivity index (χ1v) is 6.93. The fourth-order valence-electron chi connectivity index (χ4n) is 1.98. The first-order chi connectivity index (χ1) is 11.2. The summed E-state index contributed by atoms with van der Waals surface area (Å²) >= 11 is 0. The lowest BCUT2D eigenvalue weighted by atomic mass is 10.2.